The second kappa shape index (κ2) is 43.2. The maximum atomic E-state index is 11.2. The van der Waals surface area contributed by atoms with Gasteiger partial charge in [-0.15, -0.1) is 6.58 Å². The highest BCUT2D eigenvalue weighted by atomic mass is 16.5. The van der Waals surface area contributed by atoms with Crippen LogP contribution in [0, 0.1) is 47.3 Å². The smallest absolute Gasteiger partial charge is 0.217 e. The molecule has 0 aliphatic heterocycles. The lowest BCUT2D eigenvalue weighted by Crippen LogP contribution is -2.44. The summed E-state index contributed by atoms with van der Waals surface area (Å²) >= 11 is 0. The summed E-state index contributed by atoms with van der Waals surface area (Å²) in [7, 11) is 0. The van der Waals surface area contributed by atoms with Gasteiger partial charge in [-0.05, 0) is 150 Å². The number of ether oxygens (including phenoxy) is 2. The van der Waals surface area contributed by atoms with E-state index in [-0.39, 0.29) is 77.0 Å². The van der Waals surface area contributed by atoms with Crippen LogP contribution in [0.4, 0.5) is 0 Å². The second-order valence-corrected chi connectivity index (χ2v) is 24.9. The zero-order chi connectivity index (χ0) is 64.8. The van der Waals surface area contributed by atoms with Gasteiger partial charge >= 0.3 is 0 Å². The van der Waals surface area contributed by atoms with Crippen LogP contribution in [0.3, 0.4) is 0 Å². The Kier molecular flexibility index (Phi) is 38.1. The van der Waals surface area contributed by atoms with Crippen molar-refractivity contribution in [3.05, 3.63) is 54.6 Å². The number of Topliss-reactive ketones (excluding diaryl/α,β-unsaturated/α-hetero) is 2. The van der Waals surface area contributed by atoms with Crippen LogP contribution in [0.5, 0.6) is 5.75 Å². The molecule has 5 fully saturated rings. The number of hydrogen-bond acceptors (Lipinski definition) is 12. The molecule has 8 amide bonds. The van der Waals surface area contributed by atoms with E-state index in [2.05, 4.69) is 55.7 Å². The Bertz CT molecular complexity index is 2240. The van der Waals surface area contributed by atoms with Gasteiger partial charge in [-0.1, -0.05) is 56.5 Å². The van der Waals surface area contributed by atoms with Crippen molar-refractivity contribution in [1.82, 2.24) is 42.5 Å². The lowest BCUT2D eigenvalue weighted by atomic mass is 9.73. The Balaban J connectivity index is 0.000000375. The molecule has 1 aromatic carbocycles. The van der Waals surface area contributed by atoms with Gasteiger partial charge in [0.25, 0.3) is 0 Å². The molecule has 2 bridgehead atoms. The van der Waals surface area contributed by atoms with E-state index in [4.69, 9.17) is 9.47 Å². The zero-order valence-corrected chi connectivity index (χ0v) is 54.4. The molecule has 1 aromatic rings. The quantitative estimate of drug-likeness (QED) is 0.0432. The van der Waals surface area contributed by atoms with Crippen LogP contribution in [0.15, 0.2) is 43.5 Å². The van der Waals surface area contributed by atoms with Gasteiger partial charge in [-0.25, -0.2) is 0 Å². The Labute approximate surface area is 520 Å². The van der Waals surface area contributed by atoms with Gasteiger partial charge in [0, 0.05) is 125 Å². The van der Waals surface area contributed by atoms with Gasteiger partial charge < -0.3 is 52.0 Å². The maximum absolute atomic E-state index is 11.2. The molecular formula is C67H110N8O12. The Morgan fingerprint density at radius 2 is 0.897 bits per heavy atom. The van der Waals surface area contributed by atoms with Crippen LogP contribution in [-0.2, 0) is 65.5 Å². The first kappa shape index (κ1) is 76.7. The number of nitrogens with one attached hydrogen (secondary N) is 8. The summed E-state index contributed by atoms with van der Waals surface area (Å²) in [4.78, 5) is 109. The number of amides is 8. The van der Waals surface area contributed by atoms with E-state index in [1.54, 1.807) is 52.8 Å². The number of rotatable bonds is 26. The highest BCUT2D eigenvalue weighted by molar-refractivity contribution is 5.81. The maximum Gasteiger partial charge on any atom is 0.217 e. The predicted octanol–water partition coefficient (Wildman–Crippen LogP) is 7.10. The fraction of sp³-hybridized carbons (Fsp3) is 0.701. The monoisotopic (exact) mass is 1220 g/mol. The van der Waals surface area contributed by atoms with Gasteiger partial charge in [0.15, 0.2) is 0 Å². The summed E-state index contributed by atoms with van der Waals surface area (Å²) in [6.07, 6.45) is 23.4. The summed E-state index contributed by atoms with van der Waals surface area (Å²) in [5.41, 5.74) is 1.73. The van der Waals surface area contributed by atoms with Crippen molar-refractivity contribution in [3.63, 3.8) is 0 Å². The van der Waals surface area contributed by atoms with E-state index in [9.17, 15) is 47.9 Å². The first-order chi connectivity index (χ1) is 41.2. The molecule has 20 nitrogen and oxygen atoms in total. The van der Waals surface area contributed by atoms with Crippen molar-refractivity contribution in [1.29, 1.82) is 0 Å². The summed E-state index contributed by atoms with van der Waals surface area (Å²) in [5, 5.41) is 22.8. The predicted molar refractivity (Wildman–Crippen MR) is 340 cm³/mol. The summed E-state index contributed by atoms with van der Waals surface area (Å²) in [6.45, 7) is 27.4. The number of carbonyl (C=O) groups excluding carboxylic acids is 10. The van der Waals surface area contributed by atoms with E-state index in [0.717, 1.165) is 80.7 Å². The van der Waals surface area contributed by atoms with E-state index in [1.807, 2.05) is 12.1 Å². The number of fused-ring (bicyclic) bond motifs is 2. The third-order valence-electron chi connectivity index (χ3n) is 16.7. The van der Waals surface area contributed by atoms with Crippen LogP contribution < -0.4 is 47.3 Å². The van der Waals surface area contributed by atoms with Crippen molar-refractivity contribution >= 4 is 58.8 Å². The number of benzene rings is 1. The summed E-state index contributed by atoms with van der Waals surface area (Å²) < 4.78 is 10.8. The topological polar surface area (TPSA) is 285 Å². The molecule has 0 saturated heterocycles. The lowest BCUT2D eigenvalue weighted by molar-refractivity contribution is -0.121. The number of hydrogen-bond donors (Lipinski definition) is 8. The largest absolute Gasteiger partial charge is 0.489 e. The zero-order valence-electron chi connectivity index (χ0n) is 54.4. The molecule has 490 valence electrons. The van der Waals surface area contributed by atoms with Crippen LogP contribution in [0.1, 0.15) is 183 Å². The van der Waals surface area contributed by atoms with Crippen LogP contribution in [0.25, 0.3) is 0 Å². The normalized spacial score (nSPS) is 23.1. The van der Waals surface area contributed by atoms with E-state index in [0.29, 0.717) is 74.5 Å². The first-order valence-corrected chi connectivity index (χ1v) is 31.8. The van der Waals surface area contributed by atoms with Gasteiger partial charge in [0.1, 0.15) is 23.9 Å². The standard InChI is InChI=1S/C19H34N2O2.C15H18O3.C13H22N2O2.C10H18N2O3.C10H18N2O2/c1-14(22)20-12-18-7-3-16(4-8-18)11-17-5-9-19(10-6-17)13-21-15(2)23;1-4-7-18-15-6-5-13(8-11(2)16)10-14(15)9-12(3)17;1-8(16)14-6-11-3-10-4-12(13(11)5-10)7-15-9(2)17;1-4-5-15-10(6-11-8(2)13)7-12-9(3)14;1-7(13)11-9-4-3-5-10(6-9)12-8(2)14/h16-19H,3-13H2,1-2H3,(H,20,22)(H,21,23);4-6,10H,1,7-9H2,2-3H3;10-13H,3-7H2,1-2H3,(H,14,16)(H,15,17);4,10H,1,5-7H2,2-3H3,(H,11,13)(H,12,14);9-10H,3-6H2,1-2H3,(H,11,13)(H,12,14). The van der Waals surface area contributed by atoms with Gasteiger partial charge in [-0.2, -0.15) is 0 Å². The third kappa shape index (κ3) is 36.5. The Morgan fingerprint density at radius 1 is 0.483 bits per heavy atom. The number of carbonyl (C=O) groups is 10. The first-order valence-electron chi connectivity index (χ1n) is 31.8. The fourth-order valence-electron chi connectivity index (χ4n) is 12.7. The highest BCUT2D eigenvalue weighted by Gasteiger charge is 2.45. The molecule has 5 aliphatic carbocycles. The molecule has 4 atom stereocenters. The molecule has 0 radical (unpaired) electrons. The minimum absolute atomic E-state index is 0.0125. The van der Waals surface area contributed by atoms with Crippen molar-refractivity contribution in [2.45, 2.75) is 203 Å². The van der Waals surface area contributed by atoms with Gasteiger partial charge in [0.2, 0.25) is 47.3 Å². The summed E-state index contributed by atoms with van der Waals surface area (Å²) in [5.74, 6) is 6.91. The van der Waals surface area contributed by atoms with E-state index < -0.39 is 0 Å². The number of ketones is 2. The van der Waals surface area contributed by atoms with E-state index in [1.165, 1.54) is 112 Å². The minimum atomic E-state index is -0.226. The third-order valence-corrected chi connectivity index (χ3v) is 16.7. The van der Waals surface area contributed by atoms with Crippen LogP contribution >= 0.6 is 0 Å². The van der Waals surface area contributed by atoms with Crippen LogP contribution in [-0.4, -0.2) is 129 Å². The molecule has 0 aromatic heterocycles. The minimum Gasteiger partial charge on any atom is -0.489 e. The lowest BCUT2D eigenvalue weighted by Gasteiger charge is -2.34. The molecular weight excluding hydrogens is 1110 g/mol. The molecule has 5 saturated carbocycles. The molecule has 0 heterocycles. The second-order valence-electron chi connectivity index (χ2n) is 24.9. The molecule has 87 heavy (non-hydrogen) atoms. The average Bonchev–Trinajstić information content (AvgIpc) is 4.27. The Hall–Kier alpha value is -6.44. The fourth-order valence-corrected chi connectivity index (χ4v) is 12.7. The SMILES string of the molecule is C=CCOC(CNC(C)=O)CNC(C)=O.C=CCOc1ccc(CC(C)=O)cc1CC(C)=O.CC(=O)NC1CCCC(NC(C)=O)C1.CC(=O)NCC1CC2CC(CNC(C)=O)C1C2.CC(=O)NCC1CCC(CC2CCC(CNC(C)=O)CC2)CC1. The van der Waals surface area contributed by atoms with Crippen LogP contribution in [0.2, 0.25) is 0 Å². The average molecular weight is 1220 g/mol. The highest BCUT2D eigenvalue weighted by Crippen LogP contribution is 2.51. The van der Waals surface area contributed by atoms with Gasteiger partial charge in [-0.3, -0.25) is 47.9 Å². The van der Waals surface area contributed by atoms with Gasteiger partial charge in [0.05, 0.1) is 12.7 Å². The van der Waals surface area contributed by atoms with Crippen molar-refractivity contribution < 1.29 is 57.4 Å². The van der Waals surface area contributed by atoms with Crippen molar-refractivity contribution in [2.24, 2.45) is 47.3 Å². The molecule has 20 heteroatoms. The van der Waals surface area contributed by atoms with Crippen molar-refractivity contribution in [2.75, 3.05) is 52.5 Å². The molecule has 0 spiro atoms. The molecule has 6 rings (SSSR count). The van der Waals surface area contributed by atoms with Crippen molar-refractivity contribution in [3.8, 4) is 5.75 Å². The molecule has 4 unspecified atom stereocenters. The summed E-state index contributed by atoms with van der Waals surface area (Å²) in [6, 6.07) is 5.99. The van der Waals surface area contributed by atoms with E-state index >= 15 is 0 Å². The molecule has 5 aliphatic rings. The molecule has 8 N–H and O–H groups in total. The Morgan fingerprint density at radius 3 is 1.28 bits per heavy atom.